The number of nitrogens with zero attached hydrogens (tertiary/aromatic N) is 2. The third-order valence-electron chi connectivity index (χ3n) is 3.52. The van der Waals surface area contributed by atoms with E-state index in [2.05, 4.69) is 35.7 Å². The molecule has 0 atom stereocenters. The fourth-order valence-electron chi connectivity index (χ4n) is 2.48. The van der Waals surface area contributed by atoms with Crippen LogP contribution in [0.2, 0.25) is 0 Å². The topological polar surface area (TPSA) is 53.1 Å². The van der Waals surface area contributed by atoms with Gasteiger partial charge in [-0.1, -0.05) is 0 Å². The van der Waals surface area contributed by atoms with Gasteiger partial charge >= 0.3 is 0 Å². The largest absolute Gasteiger partial charge is 0.487 e. The summed E-state index contributed by atoms with van der Waals surface area (Å²) in [5.74, 6) is 0.770. The van der Waals surface area contributed by atoms with E-state index in [4.69, 9.17) is 10.5 Å². The predicted molar refractivity (Wildman–Crippen MR) is 85.3 cm³/mol. The van der Waals surface area contributed by atoms with Crippen LogP contribution in [0.4, 0.5) is 5.69 Å². The summed E-state index contributed by atoms with van der Waals surface area (Å²) in [6.07, 6.45) is 5.60. The van der Waals surface area contributed by atoms with Crippen LogP contribution in [-0.4, -0.2) is 9.55 Å². The molecule has 0 saturated heterocycles. The number of aromatic nitrogens is 2. The molecule has 0 fully saturated rings. The van der Waals surface area contributed by atoms with Crippen molar-refractivity contribution >= 4 is 16.6 Å². The summed E-state index contributed by atoms with van der Waals surface area (Å²) in [5.41, 5.74) is 9.01. The maximum atomic E-state index is 5.93. The first-order valence-corrected chi connectivity index (χ1v) is 7.07. The fraction of sp³-hybridized carbons (Fsp3) is 0.235. The molecule has 0 aliphatic heterocycles. The van der Waals surface area contributed by atoms with Gasteiger partial charge in [-0.2, -0.15) is 0 Å². The van der Waals surface area contributed by atoms with E-state index in [9.17, 15) is 0 Å². The summed E-state index contributed by atoms with van der Waals surface area (Å²) >= 11 is 0. The smallest absolute Gasteiger partial charge is 0.138 e. The van der Waals surface area contributed by atoms with Gasteiger partial charge in [0.2, 0.25) is 0 Å². The molecule has 3 rings (SSSR count). The Morgan fingerprint density at radius 3 is 2.86 bits per heavy atom. The minimum atomic E-state index is 0.392. The molecule has 21 heavy (non-hydrogen) atoms. The Kier molecular flexibility index (Phi) is 3.52. The molecule has 1 aromatic carbocycles. The average Bonchev–Trinajstić information content (AvgIpc) is 2.84. The second-order valence-corrected chi connectivity index (χ2v) is 5.41. The van der Waals surface area contributed by atoms with Gasteiger partial charge in [-0.25, -0.2) is 0 Å². The van der Waals surface area contributed by atoms with Crippen LogP contribution in [0.5, 0.6) is 5.75 Å². The highest BCUT2D eigenvalue weighted by atomic mass is 16.5. The molecule has 0 bridgehead atoms. The van der Waals surface area contributed by atoms with Crippen molar-refractivity contribution in [1.29, 1.82) is 0 Å². The van der Waals surface area contributed by atoms with Gasteiger partial charge in [0.1, 0.15) is 12.4 Å². The molecule has 0 spiro atoms. The Balaban J connectivity index is 1.96. The molecule has 4 heteroatoms. The highest BCUT2D eigenvalue weighted by Crippen LogP contribution is 2.27. The van der Waals surface area contributed by atoms with E-state index >= 15 is 0 Å². The third kappa shape index (κ3) is 2.70. The first-order valence-electron chi connectivity index (χ1n) is 7.07. The monoisotopic (exact) mass is 281 g/mol. The summed E-state index contributed by atoms with van der Waals surface area (Å²) < 4.78 is 8.06. The van der Waals surface area contributed by atoms with Crippen LogP contribution in [0, 0.1) is 0 Å². The number of rotatable bonds is 4. The maximum absolute atomic E-state index is 5.93. The van der Waals surface area contributed by atoms with Gasteiger partial charge in [-0.15, -0.1) is 0 Å². The lowest BCUT2D eigenvalue weighted by Gasteiger charge is -2.08. The van der Waals surface area contributed by atoms with Crippen molar-refractivity contribution in [2.24, 2.45) is 0 Å². The number of benzene rings is 1. The van der Waals surface area contributed by atoms with Crippen LogP contribution < -0.4 is 10.5 Å². The summed E-state index contributed by atoms with van der Waals surface area (Å²) in [4.78, 5) is 4.06. The number of nitrogens with two attached hydrogens (primary N) is 1. The Bertz CT molecular complexity index is 747. The molecular formula is C17H19N3O. The molecule has 2 N–H and O–H groups in total. The van der Waals surface area contributed by atoms with Crippen LogP contribution in [0.15, 0.2) is 48.9 Å². The summed E-state index contributed by atoms with van der Waals surface area (Å²) in [7, 11) is 0. The van der Waals surface area contributed by atoms with Crippen molar-refractivity contribution in [3.05, 3.63) is 54.5 Å². The Labute approximate surface area is 124 Å². The number of hydrogen-bond acceptors (Lipinski definition) is 3. The molecule has 0 unspecified atom stereocenters. The van der Waals surface area contributed by atoms with E-state index in [1.807, 2.05) is 24.3 Å². The zero-order valence-corrected chi connectivity index (χ0v) is 12.3. The number of fused-ring (bicyclic) bond motifs is 1. The Morgan fingerprint density at radius 2 is 2.14 bits per heavy atom. The van der Waals surface area contributed by atoms with Crippen LogP contribution in [0.3, 0.4) is 0 Å². The van der Waals surface area contributed by atoms with Crippen molar-refractivity contribution in [3.63, 3.8) is 0 Å². The minimum absolute atomic E-state index is 0.392. The molecule has 108 valence electrons. The molecule has 2 heterocycles. The van der Waals surface area contributed by atoms with Gasteiger partial charge in [0.25, 0.3) is 0 Å². The van der Waals surface area contributed by atoms with E-state index < -0.39 is 0 Å². The molecule has 0 aliphatic rings. The molecule has 0 radical (unpaired) electrons. The maximum Gasteiger partial charge on any atom is 0.138 e. The van der Waals surface area contributed by atoms with Gasteiger partial charge in [0.15, 0.2) is 0 Å². The average molecular weight is 281 g/mol. The minimum Gasteiger partial charge on any atom is -0.487 e. The summed E-state index contributed by atoms with van der Waals surface area (Å²) in [5, 5.41) is 1.15. The first kappa shape index (κ1) is 13.5. The zero-order valence-electron chi connectivity index (χ0n) is 12.3. The van der Waals surface area contributed by atoms with Gasteiger partial charge in [0, 0.05) is 40.6 Å². The first-order chi connectivity index (χ1) is 10.1. The molecule has 0 amide bonds. The van der Waals surface area contributed by atoms with Crippen molar-refractivity contribution in [2.75, 3.05) is 5.73 Å². The lowest BCUT2D eigenvalue weighted by molar-refractivity contribution is 0.306. The van der Waals surface area contributed by atoms with Gasteiger partial charge in [0.05, 0.1) is 6.20 Å². The number of pyridine rings is 1. The normalized spacial score (nSPS) is 11.2. The molecule has 0 aliphatic carbocycles. The zero-order chi connectivity index (χ0) is 14.8. The van der Waals surface area contributed by atoms with Crippen LogP contribution in [0.1, 0.15) is 25.5 Å². The van der Waals surface area contributed by atoms with E-state index in [1.54, 1.807) is 12.4 Å². The van der Waals surface area contributed by atoms with E-state index in [1.165, 1.54) is 5.52 Å². The number of hydrogen-bond donors (Lipinski definition) is 1. The van der Waals surface area contributed by atoms with Gasteiger partial charge in [-0.3, -0.25) is 4.98 Å². The predicted octanol–water partition coefficient (Wildman–Crippen LogP) is 3.78. The van der Waals surface area contributed by atoms with Crippen molar-refractivity contribution < 1.29 is 4.74 Å². The quantitative estimate of drug-likeness (QED) is 0.740. The molecule has 2 aromatic heterocycles. The van der Waals surface area contributed by atoms with Crippen molar-refractivity contribution in [3.8, 4) is 5.75 Å². The van der Waals surface area contributed by atoms with Gasteiger partial charge < -0.3 is 15.0 Å². The van der Waals surface area contributed by atoms with Crippen molar-refractivity contribution in [2.45, 2.75) is 26.5 Å². The van der Waals surface area contributed by atoms with E-state index in [0.717, 1.165) is 22.4 Å². The lowest BCUT2D eigenvalue weighted by atomic mass is 10.1. The number of anilines is 1. The Morgan fingerprint density at radius 1 is 1.29 bits per heavy atom. The number of ether oxygens (including phenoxy) is 1. The molecule has 4 nitrogen and oxygen atoms in total. The second-order valence-electron chi connectivity index (χ2n) is 5.41. The SMILES string of the molecule is CC(C)n1cc(COc2cccnc2)c2cc(N)ccc21. The van der Waals surface area contributed by atoms with Crippen LogP contribution >= 0.6 is 0 Å². The van der Waals surface area contributed by atoms with Crippen LogP contribution in [0.25, 0.3) is 10.9 Å². The standard InChI is InChI=1S/C17H19N3O/c1-12(2)20-10-13(11-21-15-4-3-7-19-9-15)16-8-14(18)5-6-17(16)20/h3-10,12H,11,18H2,1-2H3. The second kappa shape index (κ2) is 5.48. The van der Waals surface area contributed by atoms with Crippen LogP contribution in [-0.2, 0) is 6.61 Å². The highest BCUT2D eigenvalue weighted by Gasteiger charge is 2.11. The van der Waals surface area contributed by atoms with E-state index in [0.29, 0.717) is 12.6 Å². The lowest BCUT2D eigenvalue weighted by Crippen LogP contribution is -1.98. The third-order valence-corrected chi connectivity index (χ3v) is 3.52. The summed E-state index contributed by atoms with van der Waals surface area (Å²) in [6.45, 7) is 4.84. The molecule has 0 saturated carbocycles. The highest BCUT2D eigenvalue weighted by molar-refractivity contribution is 5.86. The van der Waals surface area contributed by atoms with Gasteiger partial charge in [-0.05, 0) is 44.2 Å². The van der Waals surface area contributed by atoms with Crippen molar-refractivity contribution in [1.82, 2.24) is 9.55 Å². The Hall–Kier alpha value is -2.49. The molecular weight excluding hydrogens is 262 g/mol. The number of nitrogen functional groups attached to an aromatic ring is 1. The van der Waals surface area contributed by atoms with E-state index in [-0.39, 0.29) is 0 Å². The fourth-order valence-corrected chi connectivity index (χ4v) is 2.48. The molecule has 3 aromatic rings. The summed E-state index contributed by atoms with van der Waals surface area (Å²) in [6, 6.07) is 10.2.